The average molecular weight is 322 g/mol. The van der Waals surface area contributed by atoms with Gasteiger partial charge in [0.1, 0.15) is 6.04 Å². The lowest BCUT2D eigenvalue weighted by Crippen LogP contribution is -2.42. The predicted molar refractivity (Wildman–Crippen MR) is 70.2 cm³/mol. The van der Waals surface area contributed by atoms with Gasteiger partial charge in [-0.25, -0.2) is 8.42 Å². The smallest absolute Gasteiger partial charge is 0.322 e. The van der Waals surface area contributed by atoms with Gasteiger partial charge in [-0.05, 0) is 24.6 Å². The number of hydrogen-bond acceptors (Lipinski definition) is 4. The molecule has 0 saturated carbocycles. The van der Waals surface area contributed by atoms with Gasteiger partial charge in [0.05, 0.1) is 11.3 Å². The molecule has 7 nitrogen and oxygen atoms in total. The molecular weight excluding hydrogens is 310 g/mol. The second-order valence-electron chi connectivity index (χ2n) is 4.02. The summed E-state index contributed by atoms with van der Waals surface area (Å²) < 4.78 is 26.0. The van der Waals surface area contributed by atoms with Gasteiger partial charge in [0.2, 0.25) is 10.0 Å². The number of carboxylic acid groups (broad SMARTS) is 2. The quantitative estimate of drug-likeness (QED) is 0.714. The van der Waals surface area contributed by atoms with E-state index in [1.165, 1.54) is 25.1 Å². The largest absolute Gasteiger partial charge is 0.481 e. The number of aliphatic carboxylic acids is 2. The lowest BCUT2D eigenvalue weighted by atomic mass is 10.2. The van der Waals surface area contributed by atoms with E-state index in [0.29, 0.717) is 5.56 Å². The van der Waals surface area contributed by atoms with Crippen molar-refractivity contribution in [3.8, 4) is 0 Å². The summed E-state index contributed by atoms with van der Waals surface area (Å²) in [6.45, 7) is 1.51. The molecule has 9 heteroatoms. The maximum absolute atomic E-state index is 12.1. The third-order valence-corrected chi connectivity index (χ3v) is 4.26. The van der Waals surface area contributed by atoms with E-state index in [2.05, 4.69) is 0 Å². The molecule has 3 N–H and O–H groups in total. The fourth-order valence-corrected chi connectivity index (χ4v) is 3.16. The summed E-state index contributed by atoms with van der Waals surface area (Å²) in [5.41, 5.74) is 0.362. The summed E-state index contributed by atoms with van der Waals surface area (Å²) in [6.07, 6.45) is -0.867. The maximum Gasteiger partial charge on any atom is 0.322 e. The van der Waals surface area contributed by atoms with E-state index in [4.69, 9.17) is 21.8 Å². The van der Waals surface area contributed by atoms with Crippen LogP contribution in [0.4, 0.5) is 0 Å². The lowest BCUT2D eigenvalue weighted by Gasteiger charge is -2.14. The van der Waals surface area contributed by atoms with Crippen molar-refractivity contribution in [1.29, 1.82) is 0 Å². The molecule has 1 aromatic carbocycles. The van der Waals surface area contributed by atoms with Crippen molar-refractivity contribution in [2.45, 2.75) is 24.3 Å². The molecule has 1 aromatic rings. The van der Waals surface area contributed by atoms with Crippen LogP contribution in [0.25, 0.3) is 0 Å². The van der Waals surface area contributed by atoms with Gasteiger partial charge in [-0.15, -0.1) is 0 Å². The van der Waals surface area contributed by atoms with Crippen molar-refractivity contribution in [2.24, 2.45) is 0 Å². The highest BCUT2D eigenvalue weighted by Crippen LogP contribution is 2.20. The van der Waals surface area contributed by atoms with Gasteiger partial charge in [-0.3, -0.25) is 9.59 Å². The Hall–Kier alpha value is -1.64. The number of rotatable bonds is 6. The zero-order valence-corrected chi connectivity index (χ0v) is 11.9. The van der Waals surface area contributed by atoms with E-state index in [1.807, 2.05) is 4.72 Å². The summed E-state index contributed by atoms with van der Waals surface area (Å²) >= 11 is 5.70. The topological polar surface area (TPSA) is 121 Å². The van der Waals surface area contributed by atoms with E-state index in [0.717, 1.165) is 0 Å². The predicted octanol–water partition coefficient (Wildman–Crippen LogP) is 0.855. The van der Waals surface area contributed by atoms with Gasteiger partial charge in [-0.1, -0.05) is 17.7 Å². The highest BCUT2D eigenvalue weighted by molar-refractivity contribution is 7.89. The third kappa shape index (κ3) is 4.19. The van der Waals surface area contributed by atoms with Crippen LogP contribution in [0.2, 0.25) is 5.02 Å². The minimum atomic E-state index is -4.18. The van der Waals surface area contributed by atoms with E-state index < -0.39 is 34.4 Å². The zero-order chi connectivity index (χ0) is 15.5. The highest BCUT2D eigenvalue weighted by atomic mass is 35.5. The number of hydrogen-bond donors (Lipinski definition) is 3. The molecule has 0 heterocycles. The van der Waals surface area contributed by atoms with Crippen LogP contribution >= 0.6 is 11.6 Å². The van der Waals surface area contributed by atoms with Crippen molar-refractivity contribution < 1.29 is 28.2 Å². The Labute approximate surface area is 120 Å². The summed E-state index contributed by atoms with van der Waals surface area (Å²) in [5, 5.41) is 17.6. The lowest BCUT2D eigenvalue weighted by molar-refractivity contribution is -0.145. The molecule has 0 aromatic heterocycles. The van der Waals surface area contributed by atoms with E-state index >= 15 is 0 Å². The second-order valence-corrected chi connectivity index (χ2v) is 6.14. The standard InChI is InChI=1S/C11H12ClNO6S/c1-6-2-3-7(12)4-9(6)20(18,19)13-8(11(16)17)5-10(14)15/h2-4,8,13H,5H2,1H3,(H,14,15)(H,16,17). The Morgan fingerprint density at radius 3 is 2.45 bits per heavy atom. The third-order valence-electron chi connectivity index (χ3n) is 2.41. The van der Waals surface area contributed by atoms with Crippen molar-refractivity contribution >= 4 is 33.6 Å². The molecule has 0 aliphatic rings. The first-order valence-corrected chi connectivity index (χ1v) is 7.22. The molecule has 0 aliphatic carbocycles. The van der Waals surface area contributed by atoms with Crippen LogP contribution in [0.5, 0.6) is 0 Å². The molecule has 0 fully saturated rings. The first-order chi connectivity index (χ1) is 9.13. The second kappa shape index (κ2) is 6.21. The van der Waals surface area contributed by atoms with Crippen LogP contribution in [-0.4, -0.2) is 36.6 Å². The van der Waals surface area contributed by atoms with Gasteiger partial charge < -0.3 is 10.2 Å². The summed E-state index contributed by atoms with van der Waals surface area (Å²) in [4.78, 5) is 21.2. The Kier molecular flexibility index (Phi) is 5.09. The van der Waals surface area contributed by atoms with Crippen LogP contribution in [-0.2, 0) is 19.6 Å². The van der Waals surface area contributed by atoms with Crippen molar-refractivity contribution in [3.63, 3.8) is 0 Å². The molecule has 1 unspecified atom stereocenters. The SMILES string of the molecule is Cc1ccc(Cl)cc1S(=O)(=O)NC(CC(=O)O)C(=O)O. The number of benzene rings is 1. The minimum absolute atomic E-state index is 0.168. The van der Waals surface area contributed by atoms with E-state index in [9.17, 15) is 18.0 Å². The molecule has 0 aliphatic heterocycles. The average Bonchev–Trinajstić information content (AvgIpc) is 2.30. The number of halogens is 1. The van der Waals surface area contributed by atoms with Crippen LogP contribution < -0.4 is 4.72 Å². The summed E-state index contributed by atoms with van der Waals surface area (Å²) in [7, 11) is -4.18. The van der Waals surface area contributed by atoms with Crippen LogP contribution in [0.3, 0.4) is 0 Å². The molecule has 0 bridgehead atoms. The van der Waals surface area contributed by atoms with Crippen LogP contribution in [0.15, 0.2) is 23.1 Å². The molecular formula is C11H12ClNO6S. The Morgan fingerprint density at radius 1 is 1.35 bits per heavy atom. The monoisotopic (exact) mass is 321 g/mol. The minimum Gasteiger partial charge on any atom is -0.481 e. The molecule has 20 heavy (non-hydrogen) atoms. The molecule has 0 amide bonds. The van der Waals surface area contributed by atoms with Crippen LogP contribution in [0, 0.1) is 6.92 Å². The first-order valence-electron chi connectivity index (χ1n) is 5.36. The molecule has 110 valence electrons. The number of sulfonamides is 1. The van der Waals surface area contributed by atoms with Crippen LogP contribution in [0.1, 0.15) is 12.0 Å². The highest BCUT2D eigenvalue weighted by Gasteiger charge is 2.28. The van der Waals surface area contributed by atoms with Gasteiger partial charge in [-0.2, -0.15) is 4.72 Å². The summed E-state index contributed by atoms with van der Waals surface area (Å²) in [5.74, 6) is -3.00. The Balaban J connectivity index is 3.12. The normalized spacial score (nSPS) is 12.9. The number of carbonyl (C=O) groups is 2. The molecule has 0 radical (unpaired) electrons. The first kappa shape index (κ1) is 16.4. The van der Waals surface area contributed by atoms with Gasteiger partial charge in [0.25, 0.3) is 0 Å². The van der Waals surface area contributed by atoms with E-state index in [1.54, 1.807) is 0 Å². The number of nitrogens with one attached hydrogen (secondary N) is 1. The number of aryl methyl sites for hydroxylation is 1. The van der Waals surface area contributed by atoms with Gasteiger partial charge in [0, 0.05) is 5.02 Å². The molecule has 1 rings (SSSR count). The maximum atomic E-state index is 12.1. The van der Waals surface area contributed by atoms with Gasteiger partial charge in [0.15, 0.2) is 0 Å². The fraction of sp³-hybridized carbons (Fsp3) is 0.273. The molecule has 0 saturated heterocycles. The van der Waals surface area contributed by atoms with Crippen molar-refractivity contribution in [3.05, 3.63) is 28.8 Å². The van der Waals surface area contributed by atoms with Gasteiger partial charge >= 0.3 is 11.9 Å². The van der Waals surface area contributed by atoms with Crippen molar-refractivity contribution in [1.82, 2.24) is 4.72 Å². The zero-order valence-electron chi connectivity index (χ0n) is 10.3. The van der Waals surface area contributed by atoms with Crippen molar-refractivity contribution in [2.75, 3.05) is 0 Å². The van der Waals surface area contributed by atoms with E-state index in [-0.39, 0.29) is 9.92 Å². The molecule has 1 atom stereocenters. The Morgan fingerprint density at radius 2 is 1.95 bits per heavy atom. The Bertz CT molecular complexity index is 642. The molecule has 0 spiro atoms. The summed E-state index contributed by atoms with van der Waals surface area (Å²) in [6, 6.07) is 2.36. The number of carboxylic acids is 2. The fourth-order valence-electron chi connectivity index (χ4n) is 1.47.